The molecular weight excluding hydrogens is 357 g/mol. The molecule has 1 aliphatic rings. The second-order valence-electron chi connectivity index (χ2n) is 5.79. The van der Waals surface area contributed by atoms with Gasteiger partial charge in [0.15, 0.2) is 5.82 Å². The van der Waals surface area contributed by atoms with E-state index in [0.29, 0.717) is 24.7 Å². The largest absolute Gasteiger partial charge is 0.279 e. The van der Waals surface area contributed by atoms with E-state index < -0.39 is 0 Å². The lowest BCUT2D eigenvalue weighted by Gasteiger charge is -2.08. The molecule has 3 aromatic rings. The topological polar surface area (TPSA) is 74.8 Å². The van der Waals surface area contributed by atoms with Crippen molar-refractivity contribution in [3.05, 3.63) is 59.1 Å². The minimum absolute atomic E-state index is 0.0882. The molecule has 0 saturated carbocycles. The van der Waals surface area contributed by atoms with Crippen molar-refractivity contribution in [1.82, 2.24) is 20.2 Å². The molecule has 1 N–H and O–H groups in total. The second-order valence-corrected chi connectivity index (χ2v) is 6.19. The van der Waals surface area contributed by atoms with E-state index in [9.17, 15) is 9.18 Å². The van der Waals surface area contributed by atoms with Crippen LogP contribution in [-0.2, 0) is 4.79 Å². The average molecular weight is 374 g/mol. The number of aryl methyl sites for hydroxylation is 1. The van der Waals surface area contributed by atoms with Gasteiger partial charge in [0.2, 0.25) is 5.91 Å². The summed E-state index contributed by atoms with van der Waals surface area (Å²) in [6.07, 6.45) is 4.84. The number of carbonyl (C=O) groups is 1. The number of rotatable bonds is 2. The Bertz CT molecular complexity index is 900. The first-order chi connectivity index (χ1) is 12.5. The summed E-state index contributed by atoms with van der Waals surface area (Å²) in [6, 6.07) is 8.41. The molecule has 0 spiro atoms. The average Bonchev–Trinajstić information content (AvgIpc) is 3.28. The molecule has 0 bridgehead atoms. The summed E-state index contributed by atoms with van der Waals surface area (Å²) in [7, 11) is 0. The van der Waals surface area contributed by atoms with E-state index in [-0.39, 0.29) is 16.7 Å². The van der Waals surface area contributed by atoms with Gasteiger partial charge >= 0.3 is 0 Å². The number of halogens is 2. The van der Waals surface area contributed by atoms with Gasteiger partial charge in [0.1, 0.15) is 5.82 Å². The van der Waals surface area contributed by atoms with Crippen LogP contribution in [0.5, 0.6) is 0 Å². The molecule has 4 rings (SSSR count). The maximum Gasteiger partial charge on any atom is 0.251 e. The number of nitrogens with one attached hydrogen (secondary N) is 1. The van der Waals surface area contributed by atoms with E-state index in [1.54, 1.807) is 29.4 Å². The van der Waals surface area contributed by atoms with E-state index in [1.807, 2.05) is 19.1 Å². The summed E-state index contributed by atoms with van der Waals surface area (Å²) in [5, 5.41) is 7.09. The monoisotopic (exact) mass is 373 g/mol. The van der Waals surface area contributed by atoms with Crippen molar-refractivity contribution in [3.8, 4) is 11.4 Å². The highest BCUT2D eigenvalue weighted by Gasteiger charge is 2.25. The first kappa shape index (κ1) is 18.0. The van der Waals surface area contributed by atoms with Crippen molar-refractivity contribution in [1.29, 1.82) is 0 Å². The minimum atomic E-state index is -0.350. The Hall–Kier alpha value is -2.80. The van der Waals surface area contributed by atoms with Crippen molar-refractivity contribution in [2.24, 2.45) is 0 Å². The lowest BCUT2D eigenvalue weighted by Crippen LogP contribution is -2.24. The van der Waals surface area contributed by atoms with Gasteiger partial charge in [-0.05, 0) is 43.2 Å². The number of hydrogen-bond donors (Lipinski definition) is 1. The standard InChI is InChI=1S/C11H11N5O.C7H6ClF/c17-9-2-1-7-16(9)11-13-10(14-15-11)8-3-5-12-6-4-8;1-5-2-3-6(8)7(9)4-5/h3-6H,1-2,7H2,(H,13,14,15);2-4H,1H3. The second kappa shape index (κ2) is 8.05. The molecule has 1 aromatic carbocycles. The minimum Gasteiger partial charge on any atom is -0.279 e. The van der Waals surface area contributed by atoms with Gasteiger partial charge in [-0.15, -0.1) is 5.10 Å². The van der Waals surface area contributed by atoms with Crippen LogP contribution in [-0.4, -0.2) is 32.6 Å². The summed E-state index contributed by atoms with van der Waals surface area (Å²) in [6.45, 7) is 2.52. The van der Waals surface area contributed by atoms with Crippen molar-refractivity contribution in [2.75, 3.05) is 11.4 Å². The number of nitrogens with zero attached hydrogens (tertiary/aromatic N) is 4. The van der Waals surface area contributed by atoms with Gasteiger partial charge in [0, 0.05) is 30.9 Å². The Morgan fingerprint density at radius 1 is 1.23 bits per heavy atom. The van der Waals surface area contributed by atoms with E-state index in [0.717, 1.165) is 17.5 Å². The number of amides is 1. The third kappa shape index (κ3) is 4.23. The smallest absolute Gasteiger partial charge is 0.251 e. The Kier molecular flexibility index (Phi) is 5.58. The lowest BCUT2D eigenvalue weighted by atomic mass is 10.2. The van der Waals surface area contributed by atoms with Gasteiger partial charge < -0.3 is 0 Å². The molecule has 6 nitrogen and oxygen atoms in total. The van der Waals surface area contributed by atoms with Crippen LogP contribution in [0, 0.1) is 12.7 Å². The molecule has 1 saturated heterocycles. The number of carbonyl (C=O) groups excluding carboxylic acids is 1. The van der Waals surface area contributed by atoms with Gasteiger partial charge in [0.25, 0.3) is 5.95 Å². The van der Waals surface area contributed by atoms with Gasteiger partial charge in [0.05, 0.1) is 5.02 Å². The molecule has 1 aliphatic heterocycles. The SMILES string of the molecule is Cc1ccc(Cl)c(F)c1.O=C1CCCN1c1n[nH]c(-c2ccncc2)n1. The van der Waals surface area contributed by atoms with Crippen LogP contribution < -0.4 is 4.90 Å². The normalized spacial score (nSPS) is 13.5. The van der Waals surface area contributed by atoms with Gasteiger partial charge in [-0.1, -0.05) is 17.7 Å². The summed E-state index contributed by atoms with van der Waals surface area (Å²) < 4.78 is 12.4. The third-order valence-electron chi connectivity index (χ3n) is 3.82. The fourth-order valence-corrected chi connectivity index (χ4v) is 2.59. The Labute approximate surface area is 155 Å². The van der Waals surface area contributed by atoms with E-state index in [2.05, 4.69) is 20.2 Å². The van der Waals surface area contributed by atoms with Crippen LogP contribution in [0.4, 0.5) is 10.3 Å². The highest BCUT2D eigenvalue weighted by molar-refractivity contribution is 6.30. The van der Waals surface area contributed by atoms with Gasteiger partial charge in [-0.2, -0.15) is 4.98 Å². The molecule has 26 heavy (non-hydrogen) atoms. The van der Waals surface area contributed by atoms with Crippen LogP contribution >= 0.6 is 11.6 Å². The zero-order chi connectivity index (χ0) is 18.5. The Morgan fingerprint density at radius 2 is 2.00 bits per heavy atom. The van der Waals surface area contributed by atoms with Crippen molar-refractivity contribution in [3.63, 3.8) is 0 Å². The fraction of sp³-hybridized carbons (Fsp3) is 0.222. The van der Waals surface area contributed by atoms with Crippen LogP contribution in [0.2, 0.25) is 5.02 Å². The van der Waals surface area contributed by atoms with Gasteiger partial charge in [-0.3, -0.25) is 19.8 Å². The van der Waals surface area contributed by atoms with Crippen molar-refractivity contribution < 1.29 is 9.18 Å². The van der Waals surface area contributed by atoms with Crippen LogP contribution in [0.25, 0.3) is 11.4 Å². The molecule has 8 heteroatoms. The first-order valence-corrected chi connectivity index (χ1v) is 8.47. The molecule has 1 amide bonds. The molecule has 0 unspecified atom stereocenters. The third-order valence-corrected chi connectivity index (χ3v) is 4.12. The number of aromatic amines is 1. The number of hydrogen-bond acceptors (Lipinski definition) is 4. The molecular formula is C18H17ClFN5O. The predicted octanol–water partition coefficient (Wildman–Crippen LogP) is 3.78. The van der Waals surface area contributed by atoms with E-state index in [1.165, 1.54) is 6.07 Å². The Balaban J connectivity index is 0.000000185. The highest BCUT2D eigenvalue weighted by Crippen LogP contribution is 2.20. The van der Waals surface area contributed by atoms with Gasteiger partial charge in [-0.25, -0.2) is 4.39 Å². The summed E-state index contributed by atoms with van der Waals surface area (Å²) in [5.41, 5.74) is 1.79. The molecule has 0 aliphatic carbocycles. The molecule has 0 radical (unpaired) electrons. The Morgan fingerprint density at radius 3 is 2.62 bits per heavy atom. The first-order valence-electron chi connectivity index (χ1n) is 8.09. The predicted molar refractivity (Wildman–Crippen MR) is 97.3 cm³/mol. The quantitative estimate of drug-likeness (QED) is 0.741. The van der Waals surface area contributed by atoms with E-state index in [4.69, 9.17) is 11.6 Å². The van der Waals surface area contributed by atoms with Crippen LogP contribution in [0.15, 0.2) is 42.7 Å². The fourth-order valence-electron chi connectivity index (χ4n) is 2.47. The number of benzene rings is 1. The number of aromatic nitrogens is 4. The zero-order valence-electron chi connectivity index (χ0n) is 14.1. The van der Waals surface area contributed by atoms with Crippen molar-refractivity contribution >= 4 is 23.5 Å². The number of pyridine rings is 1. The molecule has 3 heterocycles. The lowest BCUT2D eigenvalue weighted by molar-refractivity contribution is -0.117. The summed E-state index contributed by atoms with van der Waals surface area (Å²) in [5.74, 6) is 0.850. The number of H-pyrrole nitrogens is 1. The molecule has 1 fully saturated rings. The van der Waals surface area contributed by atoms with Crippen molar-refractivity contribution in [2.45, 2.75) is 19.8 Å². The molecule has 134 valence electrons. The molecule has 2 aromatic heterocycles. The summed E-state index contributed by atoms with van der Waals surface area (Å²) in [4.78, 5) is 21.4. The van der Waals surface area contributed by atoms with Crippen LogP contribution in [0.3, 0.4) is 0 Å². The molecule has 0 atom stereocenters. The maximum atomic E-state index is 12.4. The number of anilines is 1. The van der Waals surface area contributed by atoms with Crippen LogP contribution in [0.1, 0.15) is 18.4 Å². The van der Waals surface area contributed by atoms with E-state index >= 15 is 0 Å². The zero-order valence-corrected chi connectivity index (χ0v) is 14.9. The highest BCUT2D eigenvalue weighted by atomic mass is 35.5. The summed E-state index contributed by atoms with van der Waals surface area (Å²) >= 11 is 5.41. The maximum absolute atomic E-state index is 12.4.